The average Bonchev–Trinajstić information content (AvgIpc) is 2.54. The summed E-state index contributed by atoms with van der Waals surface area (Å²) >= 11 is 0. The van der Waals surface area contributed by atoms with Crippen molar-refractivity contribution in [2.45, 2.75) is 13.1 Å². The molecule has 1 saturated heterocycles. The standard InChI is InChI=1S/C18H17F5N2/c1-12-10-15(19)17(16(20)11-12)25-8-6-24(7-9-25)14-4-2-13(3-5-14)18(21,22)23/h2-5,10-11H,6-9H2,1H3. The smallest absolute Gasteiger partial charge is 0.368 e. The van der Waals surface area contributed by atoms with Crippen molar-refractivity contribution in [1.29, 1.82) is 0 Å². The summed E-state index contributed by atoms with van der Waals surface area (Å²) < 4.78 is 66.0. The number of benzene rings is 2. The normalized spacial score (nSPS) is 15.6. The number of anilines is 2. The molecule has 3 rings (SSSR count). The lowest BCUT2D eigenvalue weighted by Gasteiger charge is -2.37. The second kappa shape index (κ2) is 6.54. The fourth-order valence-corrected chi connectivity index (χ4v) is 3.04. The van der Waals surface area contributed by atoms with Crippen molar-refractivity contribution in [2.24, 2.45) is 0 Å². The predicted molar refractivity (Wildman–Crippen MR) is 87.0 cm³/mol. The zero-order valence-corrected chi connectivity index (χ0v) is 13.6. The highest BCUT2D eigenvalue weighted by molar-refractivity contribution is 5.54. The summed E-state index contributed by atoms with van der Waals surface area (Å²) in [6.45, 7) is 3.34. The highest BCUT2D eigenvalue weighted by Crippen LogP contribution is 2.31. The van der Waals surface area contributed by atoms with Crippen molar-refractivity contribution < 1.29 is 22.0 Å². The van der Waals surface area contributed by atoms with Gasteiger partial charge in [0, 0.05) is 31.9 Å². The molecular formula is C18H17F5N2. The first-order valence-electron chi connectivity index (χ1n) is 7.88. The van der Waals surface area contributed by atoms with Crippen LogP contribution in [0.5, 0.6) is 0 Å². The maximum Gasteiger partial charge on any atom is 0.416 e. The summed E-state index contributed by atoms with van der Waals surface area (Å²) in [7, 11) is 0. The van der Waals surface area contributed by atoms with Gasteiger partial charge in [0.1, 0.15) is 17.3 Å². The van der Waals surface area contributed by atoms with Gasteiger partial charge in [-0.1, -0.05) is 0 Å². The minimum absolute atomic E-state index is 0.0438. The maximum atomic E-state index is 14.1. The molecule has 0 aliphatic carbocycles. The first-order chi connectivity index (χ1) is 11.8. The summed E-state index contributed by atoms with van der Waals surface area (Å²) in [6, 6.07) is 7.51. The Balaban J connectivity index is 1.70. The van der Waals surface area contributed by atoms with Crippen LogP contribution in [0.4, 0.5) is 33.3 Å². The molecule has 1 heterocycles. The van der Waals surface area contributed by atoms with E-state index in [0.29, 0.717) is 37.4 Å². The van der Waals surface area contributed by atoms with E-state index in [2.05, 4.69) is 0 Å². The molecule has 2 nitrogen and oxygen atoms in total. The Labute approximate surface area is 142 Å². The lowest BCUT2D eigenvalue weighted by atomic mass is 10.1. The number of piperazine rings is 1. The lowest BCUT2D eigenvalue weighted by molar-refractivity contribution is -0.137. The van der Waals surface area contributed by atoms with Crippen molar-refractivity contribution in [2.75, 3.05) is 36.0 Å². The third kappa shape index (κ3) is 3.70. The largest absolute Gasteiger partial charge is 0.416 e. The first-order valence-corrected chi connectivity index (χ1v) is 7.88. The van der Waals surface area contributed by atoms with E-state index < -0.39 is 23.4 Å². The fourth-order valence-electron chi connectivity index (χ4n) is 3.04. The molecule has 1 aliphatic heterocycles. The molecule has 0 unspecified atom stereocenters. The van der Waals surface area contributed by atoms with Gasteiger partial charge >= 0.3 is 6.18 Å². The van der Waals surface area contributed by atoms with E-state index in [1.54, 1.807) is 11.8 Å². The summed E-state index contributed by atoms with van der Waals surface area (Å²) in [5.41, 5.74) is 0.441. The van der Waals surface area contributed by atoms with Crippen LogP contribution in [0.25, 0.3) is 0 Å². The van der Waals surface area contributed by atoms with E-state index in [9.17, 15) is 22.0 Å². The van der Waals surface area contributed by atoms with Gasteiger partial charge in [-0.2, -0.15) is 13.2 Å². The summed E-state index contributed by atoms with van der Waals surface area (Å²) in [4.78, 5) is 3.53. The van der Waals surface area contributed by atoms with Crippen molar-refractivity contribution in [3.63, 3.8) is 0 Å². The van der Waals surface area contributed by atoms with Crippen molar-refractivity contribution in [1.82, 2.24) is 0 Å². The molecule has 7 heteroatoms. The van der Waals surface area contributed by atoms with Crippen LogP contribution in [0.15, 0.2) is 36.4 Å². The Kier molecular flexibility index (Phi) is 4.58. The molecule has 0 radical (unpaired) electrons. The van der Waals surface area contributed by atoms with Crippen LogP contribution in [0.2, 0.25) is 0 Å². The Morgan fingerprint density at radius 1 is 0.800 bits per heavy atom. The van der Waals surface area contributed by atoms with Crippen molar-refractivity contribution in [3.8, 4) is 0 Å². The van der Waals surface area contributed by atoms with Crippen LogP contribution in [0.1, 0.15) is 11.1 Å². The molecule has 0 saturated carbocycles. The van der Waals surface area contributed by atoms with Crippen LogP contribution in [0.3, 0.4) is 0 Å². The van der Waals surface area contributed by atoms with E-state index in [1.807, 2.05) is 4.90 Å². The van der Waals surface area contributed by atoms with E-state index in [-0.39, 0.29) is 5.69 Å². The Morgan fingerprint density at radius 3 is 1.76 bits per heavy atom. The molecule has 0 atom stereocenters. The number of rotatable bonds is 2. The van der Waals surface area contributed by atoms with Gasteiger partial charge in [-0.15, -0.1) is 0 Å². The third-order valence-corrected chi connectivity index (χ3v) is 4.32. The highest BCUT2D eigenvalue weighted by Gasteiger charge is 2.30. The second-order valence-corrected chi connectivity index (χ2v) is 6.10. The molecule has 0 amide bonds. The molecule has 0 aromatic heterocycles. The number of halogens is 5. The molecule has 134 valence electrons. The van der Waals surface area contributed by atoms with Crippen LogP contribution >= 0.6 is 0 Å². The summed E-state index contributed by atoms with van der Waals surface area (Å²) in [5, 5.41) is 0. The average molecular weight is 356 g/mol. The molecule has 2 aromatic rings. The van der Waals surface area contributed by atoms with Crippen LogP contribution < -0.4 is 9.80 Å². The van der Waals surface area contributed by atoms with E-state index in [4.69, 9.17) is 0 Å². The van der Waals surface area contributed by atoms with Crippen LogP contribution in [-0.4, -0.2) is 26.2 Å². The van der Waals surface area contributed by atoms with E-state index in [1.165, 1.54) is 24.3 Å². The number of hydrogen-bond acceptors (Lipinski definition) is 2. The molecule has 2 aromatic carbocycles. The second-order valence-electron chi connectivity index (χ2n) is 6.10. The number of alkyl halides is 3. The van der Waals surface area contributed by atoms with E-state index >= 15 is 0 Å². The number of nitrogens with zero attached hydrogens (tertiary/aromatic N) is 2. The van der Waals surface area contributed by atoms with Gasteiger partial charge < -0.3 is 9.80 Å². The van der Waals surface area contributed by atoms with Gasteiger partial charge in [0.2, 0.25) is 0 Å². The zero-order chi connectivity index (χ0) is 18.2. The monoisotopic (exact) mass is 356 g/mol. The molecule has 0 bridgehead atoms. The third-order valence-electron chi connectivity index (χ3n) is 4.32. The Hall–Kier alpha value is -2.31. The minimum atomic E-state index is -4.36. The van der Waals surface area contributed by atoms with Gasteiger partial charge in [0.05, 0.1) is 5.56 Å². The predicted octanol–water partition coefficient (Wildman–Crippen LogP) is 4.62. The molecule has 0 spiro atoms. The maximum absolute atomic E-state index is 14.1. The van der Waals surface area contributed by atoms with Gasteiger partial charge in [0.25, 0.3) is 0 Å². The van der Waals surface area contributed by atoms with Gasteiger partial charge in [-0.25, -0.2) is 8.78 Å². The quantitative estimate of drug-likeness (QED) is 0.725. The molecule has 1 aliphatic rings. The Morgan fingerprint density at radius 2 is 1.28 bits per heavy atom. The Bertz CT molecular complexity index is 724. The SMILES string of the molecule is Cc1cc(F)c(N2CCN(c3ccc(C(F)(F)F)cc3)CC2)c(F)c1. The lowest BCUT2D eigenvalue weighted by Crippen LogP contribution is -2.47. The fraction of sp³-hybridized carbons (Fsp3) is 0.333. The number of aryl methyl sites for hydroxylation is 1. The summed E-state index contributed by atoms with van der Waals surface area (Å²) in [6.07, 6.45) is -4.36. The highest BCUT2D eigenvalue weighted by atomic mass is 19.4. The number of hydrogen-bond donors (Lipinski definition) is 0. The first kappa shape index (κ1) is 17.5. The van der Waals surface area contributed by atoms with E-state index in [0.717, 1.165) is 12.1 Å². The van der Waals surface area contributed by atoms with Crippen molar-refractivity contribution in [3.05, 3.63) is 59.2 Å². The van der Waals surface area contributed by atoms with Gasteiger partial charge in [-0.3, -0.25) is 0 Å². The van der Waals surface area contributed by atoms with Gasteiger partial charge in [0.15, 0.2) is 0 Å². The summed E-state index contributed by atoms with van der Waals surface area (Å²) in [5.74, 6) is -1.19. The molecule has 25 heavy (non-hydrogen) atoms. The van der Waals surface area contributed by atoms with Crippen molar-refractivity contribution >= 4 is 11.4 Å². The van der Waals surface area contributed by atoms with Crippen LogP contribution in [0, 0.1) is 18.6 Å². The van der Waals surface area contributed by atoms with Crippen LogP contribution in [-0.2, 0) is 6.18 Å². The van der Waals surface area contributed by atoms with Gasteiger partial charge in [-0.05, 0) is 48.9 Å². The molecular weight excluding hydrogens is 339 g/mol. The minimum Gasteiger partial charge on any atom is -0.368 e. The molecule has 0 N–H and O–H groups in total. The molecule has 1 fully saturated rings. The topological polar surface area (TPSA) is 6.48 Å². The zero-order valence-electron chi connectivity index (χ0n) is 13.6.